The van der Waals surface area contributed by atoms with Crippen LogP contribution in [-0.2, 0) is 7.05 Å². The summed E-state index contributed by atoms with van der Waals surface area (Å²) in [6, 6.07) is 7.97. The van der Waals surface area contributed by atoms with Gasteiger partial charge in [-0.15, -0.1) is 10.2 Å². The number of likely N-dealkylation sites (N-methyl/N-ethyl adjacent to an activating group) is 1. The SMILES string of the molecule is C=C(CC)CN(C)CC1=CN2C(=C)N(c3cccc(C(c4nncn4C)C4CCC4)c3)C=C2C(C(F)(F)F)=C1. The highest BCUT2D eigenvalue weighted by atomic mass is 19.4. The number of hydrogen-bond donors (Lipinski definition) is 0. The first-order chi connectivity index (χ1) is 18.6. The standard InChI is InChI=1S/C30H35F3N6/c1-6-20(2)15-36(4)16-22-13-26(30(31,32)33)27-18-38(21(3)39(27)17-22)25-12-8-11-24(14-25)28(23-9-7-10-23)29-35-34-19-37(29)5/h8,11-14,17-19,23,28H,2-3,6-7,9-10,15-16H2,1,4-5H3. The lowest BCUT2D eigenvalue weighted by molar-refractivity contribution is -0.0909. The maximum absolute atomic E-state index is 14.3. The first-order valence-corrected chi connectivity index (χ1v) is 13.3. The smallest absolute Gasteiger partial charge is 0.320 e. The number of fused-ring (bicyclic) bond motifs is 1. The molecule has 39 heavy (non-hydrogen) atoms. The third-order valence-electron chi connectivity index (χ3n) is 7.87. The van der Waals surface area contributed by atoms with Crippen LogP contribution in [0.4, 0.5) is 18.9 Å². The fraction of sp³-hybridized carbons (Fsp3) is 0.400. The van der Waals surface area contributed by atoms with Gasteiger partial charge in [-0.2, -0.15) is 13.2 Å². The van der Waals surface area contributed by atoms with Gasteiger partial charge < -0.3 is 14.4 Å². The Bertz CT molecular complexity index is 1360. The van der Waals surface area contributed by atoms with Crippen LogP contribution in [0.25, 0.3) is 0 Å². The van der Waals surface area contributed by atoms with Gasteiger partial charge in [0.1, 0.15) is 18.0 Å². The molecule has 0 radical (unpaired) electrons. The van der Waals surface area contributed by atoms with Crippen molar-refractivity contribution >= 4 is 5.69 Å². The molecule has 206 valence electrons. The molecule has 0 spiro atoms. The average molecular weight is 537 g/mol. The predicted octanol–water partition coefficient (Wildman–Crippen LogP) is 6.47. The number of aryl methyl sites for hydroxylation is 1. The second-order valence-electron chi connectivity index (χ2n) is 10.8. The van der Waals surface area contributed by atoms with E-state index in [1.807, 2.05) is 48.7 Å². The van der Waals surface area contributed by atoms with E-state index in [0.29, 0.717) is 30.4 Å². The summed E-state index contributed by atoms with van der Waals surface area (Å²) < 4.78 is 44.7. The van der Waals surface area contributed by atoms with Gasteiger partial charge >= 0.3 is 6.18 Å². The van der Waals surface area contributed by atoms with E-state index in [4.69, 9.17) is 0 Å². The zero-order valence-corrected chi connectivity index (χ0v) is 22.7. The van der Waals surface area contributed by atoms with Crippen LogP contribution in [0.5, 0.6) is 0 Å². The quantitative estimate of drug-likeness (QED) is 0.344. The zero-order valence-electron chi connectivity index (χ0n) is 22.7. The Balaban J connectivity index is 1.47. The molecule has 2 aliphatic heterocycles. The Morgan fingerprint density at radius 3 is 2.59 bits per heavy atom. The van der Waals surface area contributed by atoms with Crippen molar-refractivity contribution in [2.45, 2.75) is 44.7 Å². The molecule has 9 heteroatoms. The number of aromatic nitrogens is 3. The van der Waals surface area contributed by atoms with E-state index in [-0.39, 0.29) is 11.6 Å². The number of benzene rings is 1. The Hall–Kier alpha value is -3.59. The summed E-state index contributed by atoms with van der Waals surface area (Å²) in [4.78, 5) is 5.28. The number of anilines is 1. The summed E-state index contributed by atoms with van der Waals surface area (Å²) in [7, 11) is 3.83. The molecule has 0 amide bonds. The monoisotopic (exact) mass is 536 g/mol. The van der Waals surface area contributed by atoms with Crippen LogP contribution in [-0.4, -0.2) is 50.9 Å². The third-order valence-corrected chi connectivity index (χ3v) is 7.87. The van der Waals surface area contributed by atoms with E-state index in [1.165, 1.54) is 18.7 Å². The summed E-state index contributed by atoms with van der Waals surface area (Å²) in [5.74, 6) is 1.88. The summed E-state index contributed by atoms with van der Waals surface area (Å²) in [6.45, 7) is 11.2. The molecular weight excluding hydrogens is 501 g/mol. The van der Waals surface area contributed by atoms with Crippen molar-refractivity contribution in [3.63, 3.8) is 0 Å². The predicted molar refractivity (Wildman–Crippen MR) is 147 cm³/mol. The van der Waals surface area contributed by atoms with Crippen LogP contribution >= 0.6 is 0 Å². The Morgan fingerprint density at radius 1 is 1.21 bits per heavy atom. The minimum Gasteiger partial charge on any atom is -0.320 e. The molecule has 6 nitrogen and oxygen atoms in total. The van der Waals surface area contributed by atoms with Crippen LogP contribution in [0.2, 0.25) is 0 Å². The van der Waals surface area contributed by atoms with Gasteiger partial charge in [-0.25, -0.2) is 0 Å². The number of halogens is 3. The lowest BCUT2D eigenvalue weighted by Crippen LogP contribution is -2.29. The van der Waals surface area contributed by atoms with Gasteiger partial charge in [-0.05, 0) is 61.6 Å². The Kier molecular flexibility index (Phi) is 7.29. The molecule has 1 aromatic carbocycles. The van der Waals surface area contributed by atoms with E-state index in [1.54, 1.807) is 22.3 Å². The van der Waals surface area contributed by atoms with Crippen molar-refractivity contribution in [2.75, 3.05) is 25.0 Å². The molecule has 5 rings (SSSR count). The fourth-order valence-corrected chi connectivity index (χ4v) is 5.57. The highest BCUT2D eigenvalue weighted by Gasteiger charge is 2.43. The van der Waals surface area contributed by atoms with Crippen LogP contribution in [0, 0.1) is 5.92 Å². The fourth-order valence-electron chi connectivity index (χ4n) is 5.57. The summed E-state index contributed by atoms with van der Waals surface area (Å²) in [5.41, 5.74) is 2.84. The van der Waals surface area contributed by atoms with E-state index in [9.17, 15) is 13.2 Å². The van der Waals surface area contributed by atoms with Gasteiger partial charge in [-0.1, -0.05) is 44.2 Å². The third kappa shape index (κ3) is 5.32. The molecule has 3 heterocycles. The molecule has 1 saturated carbocycles. The first kappa shape index (κ1) is 27.0. The minimum absolute atomic E-state index is 0.0721. The average Bonchev–Trinajstić information content (AvgIpc) is 3.43. The molecule has 0 N–H and O–H groups in total. The van der Waals surface area contributed by atoms with Gasteiger partial charge in [-0.3, -0.25) is 4.90 Å². The van der Waals surface area contributed by atoms with Gasteiger partial charge in [0.15, 0.2) is 0 Å². The number of allylic oxidation sites excluding steroid dienone is 1. The normalized spacial score (nSPS) is 18.5. The molecule has 3 aliphatic rings. The molecule has 1 aliphatic carbocycles. The second-order valence-corrected chi connectivity index (χ2v) is 10.8. The summed E-state index contributed by atoms with van der Waals surface area (Å²) >= 11 is 0. The maximum Gasteiger partial charge on any atom is 0.418 e. The number of rotatable bonds is 9. The van der Waals surface area contributed by atoms with Crippen LogP contribution < -0.4 is 4.90 Å². The van der Waals surface area contributed by atoms with Gasteiger partial charge in [0.2, 0.25) is 0 Å². The largest absolute Gasteiger partial charge is 0.418 e. The maximum atomic E-state index is 14.3. The number of nitrogens with zero attached hydrogens (tertiary/aromatic N) is 6. The van der Waals surface area contributed by atoms with Crippen LogP contribution in [0.1, 0.15) is 49.9 Å². The summed E-state index contributed by atoms with van der Waals surface area (Å²) in [5, 5.41) is 8.49. The highest BCUT2D eigenvalue weighted by molar-refractivity contribution is 5.64. The molecule has 1 unspecified atom stereocenters. The molecule has 1 aromatic heterocycles. The van der Waals surface area contributed by atoms with E-state index in [0.717, 1.165) is 41.9 Å². The van der Waals surface area contributed by atoms with E-state index in [2.05, 4.69) is 29.4 Å². The number of alkyl halides is 3. The lowest BCUT2D eigenvalue weighted by Gasteiger charge is -2.34. The van der Waals surface area contributed by atoms with Crippen molar-refractivity contribution in [1.82, 2.24) is 24.6 Å². The van der Waals surface area contributed by atoms with Crippen molar-refractivity contribution < 1.29 is 13.2 Å². The summed E-state index contributed by atoms with van der Waals surface area (Å²) in [6.07, 6.45) is 6.00. The molecular formula is C30H35F3N6. The molecule has 0 saturated heterocycles. The van der Waals surface area contributed by atoms with E-state index < -0.39 is 11.7 Å². The first-order valence-electron chi connectivity index (χ1n) is 13.3. The van der Waals surface area contributed by atoms with Crippen LogP contribution in [0.15, 0.2) is 90.5 Å². The van der Waals surface area contributed by atoms with E-state index >= 15 is 0 Å². The number of hydrogen-bond acceptors (Lipinski definition) is 5. The van der Waals surface area contributed by atoms with Crippen molar-refractivity contribution in [1.29, 1.82) is 0 Å². The van der Waals surface area contributed by atoms with Crippen molar-refractivity contribution in [3.05, 3.63) is 102 Å². The minimum atomic E-state index is -4.51. The van der Waals surface area contributed by atoms with Crippen LogP contribution in [0.3, 0.4) is 0 Å². The Labute approximate surface area is 228 Å². The van der Waals surface area contributed by atoms with Gasteiger partial charge in [0.25, 0.3) is 0 Å². The van der Waals surface area contributed by atoms with Crippen molar-refractivity contribution in [3.8, 4) is 0 Å². The second kappa shape index (κ2) is 10.5. The lowest BCUT2D eigenvalue weighted by atomic mass is 9.72. The van der Waals surface area contributed by atoms with Crippen molar-refractivity contribution in [2.24, 2.45) is 13.0 Å². The highest BCUT2D eigenvalue weighted by Crippen LogP contribution is 2.46. The Morgan fingerprint density at radius 2 is 1.97 bits per heavy atom. The zero-order chi connectivity index (χ0) is 27.9. The van der Waals surface area contributed by atoms with Gasteiger partial charge in [0.05, 0.1) is 11.3 Å². The molecule has 0 bridgehead atoms. The topological polar surface area (TPSA) is 40.4 Å². The van der Waals surface area contributed by atoms with Gasteiger partial charge in [0, 0.05) is 44.1 Å². The molecule has 1 fully saturated rings. The molecule has 1 atom stereocenters. The molecule has 2 aromatic rings.